The molecule has 2 rings (SSSR count). The van der Waals surface area contributed by atoms with Crippen molar-refractivity contribution in [2.45, 2.75) is 19.9 Å². The van der Waals surface area contributed by atoms with Crippen LogP contribution in [-0.4, -0.2) is 32.7 Å². The Balaban J connectivity index is 0.00000220. The van der Waals surface area contributed by atoms with Crippen LogP contribution in [0, 0.1) is 0 Å². The highest BCUT2D eigenvalue weighted by Crippen LogP contribution is 2.20. The van der Waals surface area contributed by atoms with Crippen molar-refractivity contribution in [1.29, 1.82) is 0 Å². The number of carbonyl (C=O) groups is 1. The highest BCUT2D eigenvalue weighted by atomic mass is 35.5. The predicted molar refractivity (Wildman–Crippen MR) is 92.9 cm³/mol. The molecule has 0 unspecified atom stereocenters. The summed E-state index contributed by atoms with van der Waals surface area (Å²) in [5, 5.41) is 5.01. The molecule has 0 atom stereocenters. The van der Waals surface area contributed by atoms with E-state index in [1.54, 1.807) is 5.38 Å². The maximum absolute atomic E-state index is 12.2. The third kappa shape index (κ3) is 5.17. The largest absolute Gasteiger partial charge is 0.370 e. The second kappa shape index (κ2) is 8.57. The van der Waals surface area contributed by atoms with Gasteiger partial charge in [-0.15, -0.1) is 36.2 Å². The number of nitrogens with two attached hydrogens (primary N) is 2. The van der Waals surface area contributed by atoms with E-state index in [9.17, 15) is 4.79 Å². The molecule has 0 spiro atoms. The number of hydrogen-bond donors (Lipinski definition) is 4. The molecule has 0 aliphatic heterocycles. The number of anilines is 1. The van der Waals surface area contributed by atoms with Crippen molar-refractivity contribution in [3.05, 3.63) is 23.0 Å². The van der Waals surface area contributed by atoms with Gasteiger partial charge in [0.2, 0.25) is 16.9 Å². The zero-order chi connectivity index (χ0) is 14.7. The number of hydrogen-bond acceptors (Lipinski definition) is 6. The third-order valence-corrected chi connectivity index (χ3v) is 2.93. The monoisotopic (exact) mass is 365 g/mol. The van der Waals surface area contributed by atoms with Gasteiger partial charge in [-0.25, -0.2) is 9.97 Å². The van der Waals surface area contributed by atoms with Crippen LogP contribution in [0.1, 0.15) is 30.0 Å². The summed E-state index contributed by atoms with van der Waals surface area (Å²) in [5.74, 6) is 0.189. The summed E-state index contributed by atoms with van der Waals surface area (Å²) in [5.41, 5.74) is 11.1. The summed E-state index contributed by atoms with van der Waals surface area (Å²) in [7, 11) is 0. The number of imidazole rings is 1. The fourth-order valence-electron chi connectivity index (χ4n) is 1.45. The molecule has 0 radical (unpaired) electrons. The fraction of sp³-hybridized carbons (Fsp3) is 0.273. The Bertz CT molecular complexity index is 648. The van der Waals surface area contributed by atoms with Crippen LogP contribution >= 0.6 is 36.2 Å². The average molecular weight is 366 g/mol. The summed E-state index contributed by atoms with van der Waals surface area (Å²) in [6, 6.07) is 0.219. The van der Waals surface area contributed by atoms with E-state index in [2.05, 4.69) is 25.3 Å². The molecule has 0 amide bonds. The zero-order valence-electron chi connectivity index (χ0n) is 11.9. The molecule has 0 saturated heterocycles. The van der Waals surface area contributed by atoms with Gasteiger partial charge in [0.15, 0.2) is 5.96 Å². The van der Waals surface area contributed by atoms with Crippen molar-refractivity contribution in [2.24, 2.45) is 16.5 Å². The van der Waals surface area contributed by atoms with Crippen molar-refractivity contribution < 1.29 is 4.79 Å². The first-order valence-electron chi connectivity index (χ1n) is 5.87. The molecule has 0 aliphatic rings. The maximum Gasteiger partial charge on any atom is 0.230 e. The number of thiazole rings is 1. The van der Waals surface area contributed by atoms with Crippen molar-refractivity contribution in [2.75, 3.05) is 5.32 Å². The molecule has 8 nitrogen and oxygen atoms in total. The van der Waals surface area contributed by atoms with Gasteiger partial charge < -0.3 is 21.8 Å². The summed E-state index contributed by atoms with van der Waals surface area (Å²) in [4.78, 5) is 27.0. The molecule has 0 saturated carbocycles. The zero-order valence-corrected chi connectivity index (χ0v) is 14.3. The number of H-pyrrole nitrogens is 1. The van der Waals surface area contributed by atoms with Crippen LogP contribution < -0.4 is 16.8 Å². The van der Waals surface area contributed by atoms with Crippen LogP contribution in [0.2, 0.25) is 0 Å². The molecule has 122 valence electrons. The molecule has 2 aromatic heterocycles. The van der Waals surface area contributed by atoms with Crippen molar-refractivity contribution in [3.63, 3.8) is 0 Å². The molecule has 2 aromatic rings. The van der Waals surface area contributed by atoms with Gasteiger partial charge in [0.25, 0.3) is 0 Å². The van der Waals surface area contributed by atoms with Crippen LogP contribution in [0.15, 0.2) is 16.6 Å². The topological polar surface area (TPSA) is 135 Å². The number of nitrogens with zero attached hydrogens (tertiary/aromatic N) is 3. The molecule has 6 N–H and O–H groups in total. The molecular formula is C11H17Cl2N7OS. The number of guanidine groups is 1. The van der Waals surface area contributed by atoms with E-state index in [1.807, 2.05) is 13.8 Å². The Labute approximate surface area is 143 Å². The van der Waals surface area contributed by atoms with Crippen LogP contribution in [-0.2, 0) is 0 Å². The standard InChI is InChI=1S/C11H15N7OS.2ClH/c1-5(2)15-10-14-3-6(16-10)8(19)7-4-20-11(17-7)18-9(12)13;;/h3-5H,1-2H3,(H2,14,15,16)(H4,12,13,17,18);2*1H. The number of aromatic nitrogens is 3. The number of aliphatic imine (C=N–C) groups is 1. The van der Waals surface area contributed by atoms with Gasteiger partial charge in [0.05, 0.1) is 6.20 Å². The van der Waals surface area contributed by atoms with E-state index in [4.69, 9.17) is 11.5 Å². The SMILES string of the molecule is CC(C)Nc1ncc(C(=O)c2csc(N=C(N)N)n2)[nH]1.Cl.Cl. The molecule has 11 heteroatoms. The van der Waals surface area contributed by atoms with Crippen molar-refractivity contribution >= 4 is 59.0 Å². The molecule has 0 aliphatic carbocycles. The average Bonchev–Trinajstić information content (AvgIpc) is 2.96. The number of halogens is 2. The highest BCUT2D eigenvalue weighted by Gasteiger charge is 2.16. The fourth-order valence-corrected chi connectivity index (χ4v) is 2.14. The lowest BCUT2D eigenvalue weighted by atomic mass is 10.2. The Hall–Kier alpha value is -1.84. The predicted octanol–water partition coefficient (Wildman–Crippen LogP) is 1.67. The van der Waals surface area contributed by atoms with E-state index in [-0.39, 0.29) is 48.3 Å². The lowest BCUT2D eigenvalue weighted by Crippen LogP contribution is -2.21. The third-order valence-electron chi connectivity index (χ3n) is 2.20. The van der Waals surface area contributed by atoms with E-state index < -0.39 is 0 Å². The molecule has 0 bridgehead atoms. The Morgan fingerprint density at radius 3 is 2.68 bits per heavy atom. The van der Waals surface area contributed by atoms with Gasteiger partial charge in [-0.1, -0.05) is 0 Å². The van der Waals surface area contributed by atoms with Gasteiger partial charge in [-0.3, -0.25) is 4.79 Å². The number of carbonyl (C=O) groups excluding carboxylic acids is 1. The van der Waals surface area contributed by atoms with E-state index >= 15 is 0 Å². The van der Waals surface area contributed by atoms with Gasteiger partial charge >= 0.3 is 0 Å². The first-order chi connectivity index (χ1) is 9.45. The summed E-state index contributed by atoms with van der Waals surface area (Å²) in [6.07, 6.45) is 1.46. The second-order valence-corrected chi connectivity index (χ2v) is 5.16. The van der Waals surface area contributed by atoms with Gasteiger partial charge in [0, 0.05) is 11.4 Å². The summed E-state index contributed by atoms with van der Waals surface area (Å²) in [6.45, 7) is 3.96. The Morgan fingerprint density at radius 1 is 1.41 bits per heavy atom. The first-order valence-corrected chi connectivity index (χ1v) is 6.75. The van der Waals surface area contributed by atoms with Gasteiger partial charge in [-0.05, 0) is 13.8 Å². The van der Waals surface area contributed by atoms with Crippen molar-refractivity contribution in [1.82, 2.24) is 15.0 Å². The summed E-state index contributed by atoms with van der Waals surface area (Å²) < 4.78 is 0. The normalized spacial score (nSPS) is 9.59. The minimum atomic E-state index is -0.261. The lowest BCUT2D eigenvalue weighted by molar-refractivity contribution is 0.103. The number of ketones is 1. The minimum Gasteiger partial charge on any atom is -0.370 e. The number of rotatable bonds is 5. The van der Waals surface area contributed by atoms with E-state index in [0.29, 0.717) is 16.8 Å². The highest BCUT2D eigenvalue weighted by molar-refractivity contribution is 7.13. The molecular weight excluding hydrogens is 349 g/mol. The molecule has 2 heterocycles. The summed E-state index contributed by atoms with van der Waals surface area (Å²) >= 11 is 1.19. The van der Waals surface area contributed by atoms with Crippen LogP contribution in [0.25, 0.3) is 0 Å². The van der Waals surface area contributed by atoms with Crippen LogP contribution in [0.4, 0.5) is 11.1 Å². The van der Waals surface area contributed by atoms with E-state index in [1.165, 1.54) is 17.5 Å². The Kier molecular flexibility index (Phi) is 7.85. The molecule has 0 fully saturated rings. The van der Waals surface area contributed by atoms with Gasteiger partial charge in [0.1, 0.15) is 11.4 Å². The molecule has 22 heavy (non-hydrogen) atoms. The maximum atomic E-state index is 12.2. The Morgan fingerprint density at radius 2 is 2.09 bits per heavy atom. The second-order valence-electron chi connectivity index (χ2n) is 4.33. The lowest BCUT2D eigenvalue weighted by Gasteiger charge is -2.04. The van der Waals surface area contributed by atoms with Crippen molar-refractivity contribution in [3.8, 4) is 0 Å². The first kappa shape index (κ1) is 20.2. The van der Waals surface area contributed by atoms with Crippen LogP contribution in [0.3, 0.4) is 0 Å². The quantitative estimate of drug-likeness (QED) is 0.361. The minimum absolute atomic E-state index is 0. The smallest absolute Gasteiger partial charge is 0.230 e. The van der Waals surface area contributed by atoms with Crippen LogP contribution in [0.5, 0.6) is 0 Å². The number of nitrogens with one attached hydrogen (secondary N) is 2. The van der Waals surface area contributed by atoms with Gasteiger partial charge in [-0.2, -0.15) is 4.99 Å². The van der Waals surface area contributed by atoms with E-state index in [0.717, 1.165) is 0 Å². The number of aromatic amines is 1. The molecule has 0 aromatic carbocycles.